The molecule has 0 aromatic carbocycles. The van der Waals surface area contributed by atoms with Crippen molar-refractivity contribution in [1.82, 2.24) is 0 Å². The first-order valence-corrected chi connectivity index (χ1v) is 6.60. The quantitative estimate of drug-likeness (QED) is 0.604. The van der Waals surface area contributed by atoms with Gasteiger partial charge in [-0.05, 0) is 23.7 Å². The van der Waals surface area contributed by atoms with Crippen LogP contribution in [0, 0.1) is 11.6 Å². The lowest BCUT2D eigenvalue weighted by atomic mass is 10.7. The summed E-state index contributed by atoms with van der Waals surface area (Å²) in [6.07, 6.45) is 0. The van der Waals surface area contributed by atoms with Crippen LogP contribution in [0.25, 0.3) is 0 Å². The van der Waals surface area contributed by atoms with E-state index in [4.69, 9.17) is 0 Å². The predicted octanol–water partition coefficient (Wildman–Crippen LogP) is 3.57. The van der Waals surface area contributed by atoms with Gasteiger partial charge in [-0.2, -0.15) is 0 Å². The Labute approximate surface area is 62.5 Å². The summed E-state index contributed by atoms with van der Waals surface area (Å²) in [4.78, 5) is 0. The van der Waals surface area contributed by atoms with Gasteiger partial charge in [0, 0.05) is 11.6 Å². The van der Waals surface area contributed by atoms with Gasteiger partial charge in [-0.15, -0.1) is 0 Å². The molecule has 0 nitrogen and oxygen atoms in total. The van der Waals surface area contributed by atoms with Crippen molar-refractivity contribution in [2.45, 2.75) is 0 Å². The van der Waals surface area contributed by atoms with E-state index in [2.05, 4.69) is 35.3 Å². The third-order valence-corrected chi connectivity index (χ3v) is 6.38. The maximum atomic E-state index is 3.32. The van der Waals surface area contributed by atoms with Gasteiger partial charge in [0.15, 0.2) is 0 Å². The fourth-order valence-electron chi connectivity index (χ4n) is 0.842. The summed E-state index contributed by atoms with van der Waals surface area (Å²) in [6.45, 7) is 0. The Kier molecular flexibility index (Phi) is 1.67. The van der Waals surface area contributed by atoms with Crippen LogP contribution in [0.1, 0.15) is 0 Å². The molecule has 0 bridgehead atoms. The van der Waals surface area contributed by atoms with Gasteiger partial charge >= 0.3 is 0 Å². The fraction of sp³-hybridized carbons (Fsp3) is 0. The molecule has 0 saturated heterocycles. The molecule has 2 aromatic rings. The number of hydrogen-bond donors (Lipinski definition) is 0. The average molecular weight is 164 g/mol. The molecule has 0 aliphatic rings. The van der Waals surface area contributed by atoms with Crippen molar-refractivity contribution in [2.75, 3.05) is 0 Å². The predicted molar refractivity (Wildman–Crippen MR) is 46.8 cm³/mol. The molecule has 0 fully saturated rings. The Hall–Kier alpha value is -0.440. The highest BCUT2D eigenvalue weighted by atomic mass is 32.0. The second-order valence-electron chi connectivity index (χ2n) is 1.96. The maximum absolute atomic E-state index is 3.32. The largest absolute Gasteiger partial charge is 0.0675 e. The molecule has 0 aliphatic heterocycles. The van der Waals surface area contributed by atoms with Crippen LogP contribution in [0.5, 0.6) is 0 Å². The Bertz CT molecular complexity index is 247. The molecule has 0 saturated carbocycles. The SMILES string of the molecule is [c]1cccp1-p1[c]ccc1. The average Bonchev–Trinajstić information content (AvgIpc) is 2.59. The van der Waals surface area contributed by atoms with Crippen molar-refractivity contribution in [1.29, 1.82) is 0 Å². The highest BCUT2D eigenvalue weighted by Crippen LogP contribution is 2.54. The van der Waals surface area contributed by atoms with Gasteiger partial charge in [0.25, 0.3) is 0 Å². The van der Waals surface area contributed by atoms with E-state index in [9.17, 15) is 0 Å². The molecule has 2 heteroatoms. The molecule has 2 atom stereocenters. The molecule has 2 heterocycles. The molecule has 0 amide bonds. The molecule has 0 aliphatic carbocycles. The van der Waals surface area contributed by atoms with Crippen LogP contribution in [0.4, 0.5) is 0 Å². The second kappa shape index (κ2) is 2.66. The molecule has 0 spiro atoms. The van der Waals surface area contributed by atoms with Crippen molar-refractivity contribution < 1.29 is 0 Å². The van der Waals surface area contributed by atoms with Crippen molar-refractivity contribution in [2.24, 2.45) is 0 Å². The van der Waals surface area contributed by atoms with Crippen LogP contribution < -0.4 is 0 Å². The first kappa shape index (κ1) is 6.28. The summed E-state index contributed by atoms with van der Waals surface area (Å²) < 4.78 is 0. The van der Waals surface area contributed by atoms with Crippen LogP contribution in [0.3, 0.4) is 0 Å². The highest BCUT2D eigenvalue weighted by Gasteiger charge is 1.92. The minimum absolute atomic E-state index is 0.0967. The third kappa shape index (κ3) is 1.06. The first-order chi connectivity index (χ1) is 4.97. The van der Waals surface area contributed by atoms with E-state index in [-0.39, 0.29) is 14.4 Å². The maximum Gasteiger partial charge on any atom is 0.0136 e. The van der Waals surface area contributed by atoms with Crippen LogP contribution in [0.2, 0.25) is 0 Å². The Morgan fingerprint density at radius 1 is 0.800 bits per heavy atom. The minimum atomic E-state index is -0.0967. The summed E-state index contributed by atoms with van der Waals surface area (Å²) in [5.74, 6) is 11.1. The zero-order valence-corrected chi connectivity index (χ0v) is 7.15. The second-order valence-corrected chi connectivity index (χ2v) is 7.04. The Morgan fingerprint density at radius 3 is 1.60 bits per heavy atom. The molecule has 48 valence electrons. The van der Waals surface area contributed by atoms with Gasteiger partial charge in [-0.25, -0.2) is 0 Å². The number of hydrogen-bond acceptors (Lipinski definition) is 0. The molecular formula is C8H6P2. The Morgan fingerprint density at radius 2 is 1.30 bits per heavy atom. The highest BCUT2D eigenvalue weighted by molar-refractivity contribution is 8.20. The molecule has 2 rings (SSSR count). The molecular weight excluding hydrogens is 158 g/mol. The summed E-state index contributed by atoms with van der Waals surface area (Å²) in [7, 11) is -0.193. The summed E-state index contributed by atoms with van der Waals surface area (Å²) in [6, 6.07) is 8.20. The van der Waals surface area contributed by atoms with Crippen molar-refractivity contribution in [3.05, 3.63) is 47.5 Å². The Balaban J connectivity index is 2.48. The zero-order chi connectivity index (χ0) is 6.81. The summed E-state index contributed by atoms with van der Waals surface area (Å²) in [5, 5.41) is 0. The van der Waals surface area contributed by atoms with Gasteiger partial charge in [-0.1, -0.05) is 26.6 Å². The molecule has 10 heavy (non-hydrogen) atoms. The molecule has 2 radical (unpaired) electrons. The third-order valence-electron chi connectivity index (χ3n) is 1.29. The van der Waals surface area contributed by atoms with E-state index in [1.54, 1.807) is 0 Å². The fourth-order valence-corrected chi connectivity index (χ4v) is 5.00. The van der Waals surface area contributed by atoms with E-state index in [0.717, 1.165) is 0 Å². The van der Waals surface area contributed by atoms with E-state index >= 15 is 0 Å². The normalized spacial score (nSPS) is 10.0. The van der Waals surface area contributed by atoms with Crippen LogP contribution in [-0.2, 0) is 0 Å². The minimum Gasteiger partial charge on any atom is -0.0675 e. The van der Waals surface area contributed by atoms with Gasteiger partial charge in [0.05, 0.1) is 0 Å². The first-order valence-electron chi connectivity index (χ1n) is 3.07. The van der Waals surface area contributed by atoms with E-state index < -0.39 is 0 Å². The van der Waals surface area contributed by atoms with Crippen LogP contribution in [0.15, 0.2) is 35.9 Å². The summed E-state index contributed by atoms with van der Waals surface area (Å²) >= 11 is 0. The van der Waals surface area contributed by atoms with E-state index in [1.807, 2.05) is 12.1 Å². The van der Waals surface area contributed by atoms with Crippen molar-refractivity contribution in [3.63, 3.8) is 0 Å². The van der Waals surface area contributed by atoms with Gasteiger partial charge in [-0.3, -0.25) is 0 Å². The molecule has 2 unspecified atom stereocenters. The topological polar surface area (TPSA) is 0 Å². The van der Waals surface area contributed by atoms with E-state index in [1.165, 1.54) is 0 Å². The lowest BCUT2D eigenvalue weighted by molar-refractivity contribution is 2.01. The van der Waals surface area contributed by atoms with Crippen molar-refractivity contribution >= 4 is 14.4 Å². The van der Waals surface area contributed by atoms with Gasteiger partial charge in [0.2, 0.25) is 0 Å². The van der Waals surface area contributed by atoms with Gasteiger partial charge < -0.3 is 0 Å². The van der Waals surface area contributed by atoms with Crippen LogP contribution >= 0.6 is 14.4 Å². The molecule has 2 aromatic heterocycles. The smallest absolute Gasteiger partial charge is 0.0136 e. The van der Waals surface area contributed by atoms with Gasteiger partial charge in [0.1, 0.15) is 0 Å². The summed E-state index contributed by atoms with van der Waals surface area (Å²) in [5.41, 5.74) is 0. The monoisotopic (exact) mass is 164 g/mol. The van der Waals surface area contributed by atoms with E-state index in [0.29, 0.717) is 0 Å². The zero-order valence-electron chi connectivity index (χ0n) is 5.36. The van der Waals surface area contributed by atoms with Crippen molar-refractivity contribution in [3.8, 4) is 0 Å². The standard InChI is InChI=1S/C8H6P2/c1-2-6-9(5-1)10-7-3-4-8-10/h1-5,7H. The number of rotatable bonds is 1. The van der Waals surface area contributed by atoms with Crippen LogP contribution in [-0.4, -0.2) is 0 Å². The molecule has 0 N–H and O–H groups in total. The lowest BCUT2D eigenvalue weighted by Crippen LogP contribution is -1.31. The lowest BCUT2D eigenvalue weighted by Gasteiger charge is -1.89.